The van der Waals surface area contributed by atoms with E-state index in [-0.39, 0.29) is 5.78 Å². The number of hydrogen-bond donors (Lipinski definition) is 1. The quantitative estimate of drug-likeness (QED) is 0.623. The number of hydrogen-bond acceptors (Lipinski definition) is 3. The molecule has 0 spiro atoms. The van der Waals surface area contributed by atoms with Crippen molar-refractivity contribution in [3.8, 4) is 0 Å². The van der Waals surface area contributed by atoms with Crippen molar-refractivity contribution < 1.29 is 4.79 Å². The monoisotopic (exact) mass is 228 g/mol. The summed E-state index contributed by atoms with van der Waals surface area (Å²) < 4.78 is 0.633. The number of aromatic nitrogens is 1. The van der Waals surface area contributed by atoms with Crippen molar-refractivity contribution in [2.45, 2.75) is 13.3 Å². The Labute approximate surface area is 79.1 Å². The van der Waals surface area contributed by atoms with Crippen molar-refractivity contribution in [2.75, 3.05) is 5.73 Å². The van der Waals surface area contributed by atoms with E-state index in [0.717, 1.165) is 0 Å². The molecule has 0 amide bonds. The topological polar surface area (TPSA) is 56.0 Å². The lowest BCUT2D eigenvalue weighted by Gasteiger charge is -2.01. The number of halogens is 1. The Bertz CT molecular complexity index is 312. The van der Waals surface area contributed by atoms with Gasteiger partial charge in [0, 0.05) is 12.0 Å². The highest BCUT2D eigenvalue weighted by Gasteiger charge is 2.07. The molecule has 2 N–H and O–H groups in total. The minimum absolute atomic E-state index is 0.0376. The zero-order valence-corrected chi connectivity index (χ0v) is 8.26. The Morgan fingerprint density at radius 3 is 3.00 bits per heavy atom. The number of carbonyl (C=O) groups is 1. The van der Waals surface area contributed by atoms with E-state index in [4.69, 9.17) is 5.73 Å². The first kappa shape index (κ1) is 9.19. The van der Waals surface area contributed by atoms with Gasteiger partial charge in [-0.05, 0) is 22.0 Å². The maximum absolute atomic E-state index is 11.3. The van der Waals surface area contributed by atoms with E-state index >= 15 is 0 Å². The smallest absolute Gasteiger partial charge is 0.164 e. The van der Waals surface area contributed by atoms with E-state index in [1.54, 1.807) is 13.0 Å². The maximum atomic E-state index is 11.3. The molecule has 4 heteroatoms. The van der Waals surface area contributed by atoms with Gasteiger partial charge in [-0.25, -0.2) is 4.98 Å². The predicted octanol–water partition coefficient (Wildman–Crippen LogP) is 2.02. The van der Waals surface area contributed by atoms with Crippen LogP contribution < -0.4 is 5.73 Å². The molecule has 3 nitrogen and oxygen atoms in total. The summed E-state index contributed by atoms with van der Waals surface area (Å²) in [6.07, 6.45) is 1.94. The SMILES string of the molecule is CCC(=O)c1cc(Br)ncc1N. The van der Waals surface area contributed by atoms with E-state index in [1.807, 2.05) is 0 Å². The Hall–Kier alpha value is -0.900. The van der Waals surface area contributed by atoms with Crippen molar-refractivity contribution >= 4 is 27.4 Å². The van der Waals surface area contributed by atoms with Crippen LogP contribution in [0.3, 0.4) is 0 Å². The molecule has 12 heavy (non-hydrogen) atoms. The first-order chi connectivity index (χ1) is 5.65. The van der Waals surface area contributed by atoms with Crippen LogP contribution in [0.15, 0.2) is 16.9 Å². The van der Waals surface area contributed by atoms with Crippen molar-refractivity contribution in [2.24, 2.45) is 0 Å². The Morgan fingerprint density at radius 1 is 1.75 bits per heavy atom. The number of nitrogens with two attached hydrogens (primary N) is 1. The first-order valence-electron chi connectivity index (χ1n) is 3.59. The van der Waals surface area contributed by atoms with Crippen LogP contribution >= 0.6 is 15.9 Å². The molecule has 64 valence electrons. The number of nitrogens with zero attached hydrogens (tertiary/aromatic N) is 1. The van der Waals surface area contributed by atoms with Crippen LogP contribution in [0.1, 0.15) is 23.7 Å². The molecule has 0 aromatic carbocycles. The number of pyridine rings is 1. The number of Topliss-reactive ketones (excluding diaryl/α,β-unsaturated/α-hetero) is 1. The number of carbonyl (C=O) groups excluding carboxylic acids is 1. The molecule has 0 aliphatic carbocycles. The zero-order valence-electron chi connectivity index (χ0n) is 6.67. The van der Waals surface area contributed by atoms with E-state index in [9.17, 15) is 4.79 Å². The molecule has 1 aromatic rings. The van der Waals surface area contributed by atoms with Crippen molar-refractivity contribution in [1.29, 1.82) is 0 Å². The van der Waals surface area contributed by atoms with Crippen molar-refractivity contribution in [1.82, 2.24) is 4.98 Å². The highest BCUT2D eigenvalue weighted by molar-refractivity contribution is 9.10. The van der Waals surface area contributed by atoms with Gasteiger partial charge in [-0.2, -0.15) is 0 Å². The molecule has 1 heterocycles. The Kier molecular flexibility index (Phi) is 2.81. The van der Waals surface area contributed by atoms with Crippen LogP contribution in [-0.4, -0.2) is 10.8 Å². The average molecular weight is 229 g/mol. The summed E-state index contributed by atoms with van der Waals surface area (Å²) >= 11 is 3.17. The largest absolute Gasteiger partial charge is 0.397 e. The number of rotatable bonds is 2. The van der Waals surface area contributed by atoms with Gasteiger partial charge in [0.1, 0.15) is 4.60 Å². The Morgan fingerprint density at radius 2 is 2.42 bits per heavy atom. The van der Waals surface area contributed by atoms with Gasteiger partial charge in [-0.15, -0.1) is 0 Å². The molecular formula is C8H9BrN2O. The molecule has 0 fully saturated rings. The van der Waals surface area contributed by atoms with E-state index in [0.29, 0.717) is 22.3 Å². The third kappa shape index (κ3) is 1.82. The third-order valence-corrected chi connectivity index (χ3v) is 1.96. The van der Waals surface area contributed by atoms with Crippen LogP contribution in [0.25, 0.3) is 0 Å². The lowest BCUT2D eigenvalue weighted by atomic mass is 10.1. The van der Waals surface area contributed by atoms with E-state index < -0.39 is 0 Å². The first-order valence-corrected chi connectivity index (χ1v) is 4.38. The molecular weight excluding hydrogens is 220 g/mol. The fraction of sp³-hybridized carbons (Fsp3) is 0.250. The van der Waals surface area contributed by atoms with Gasteiger partial charge in [0.2, 0.25) is 0 Å². The fourth-order valence-corrected chi connectivity index (χ4v) is 1.20. The molecule has 0 bridgehead atoms. The number of ketones is 1. The Balaban J connectivity index is 3.13. The van der Waals surface area contributed by atoms with Crippen molar-refractivity contribution in [3.05, 3.63) is 22.4 Å². The number of anilines is 1. The maximum Gasteiger partial charge on any atom is 0.164 e. The highest BCUT2D eigenvalue weighted by atomic mass is 79.9. The van der Waals surface area contributed by atoms with Gasteiger partial charge < -0.3 is 5.73 Å². The molecule has 0 unspecified atom stereocenters. The molecule has 0 radical (unpaired) electrons. The molecule has 0 saturated carbocycles. The zero-order chi connectivity index (χ0) is 9.14. The minimum atomic E-state index is 0.0376. The van der Waals surface area contributed by atoms with Crippen LogP contribution in [0.5, 0.6) is 0 Å². The van der Waals surface area contributed by atoms with Crippen LogP contribution in [0.4, 0.5) is 5.69 Å². The van der Waals surface area contributed by atoms with Crippen LogP contribution in [0.2, 0.25) is 0 Å². The van der Waals surface area contributed by atoms with E-state index in [1.165, 1.54) is 6.20 Å². The molecule has 0 atom stereocenters. The summed E-state index contributed by atoms with van der Waals surface area (Å²) in [5, 5.41) is 0. The van der Waals surface area contributed by atoms with Gasteiger partial charge >= 0.3 is 0 Å². The summed E-state index contributed by atoms with van der Waals surface area (Å²) in [7, 11) is 0. The molecule has 0 saturated heterocycles. The van der Waals surface area contributed by atoms with Crippen LogP contribution in [-0.2, 0) is 0 Å². The number of nitrogen functional groups attached to an aromatic ring is 1. The van der Waals surface area contributed by atoms with Gasteiger partial charge in [-0.1, -0.05) is 6.92 Å². The van der Waals surface area contributed by atoms with Gasteiger partial charge in [-0.3, -0.25) is 4.79 Å². The molecule has 1 aromatic heterocycles. The molecule has 1 rings (SSSR count). The van der Waals surface area contributed by atoms with E-state index in [2.05, 4.69) is 20.9 Å². The normalized spacial score (nSPS) is 9.83. The minimum Gasteiger partial charge on any atom is -0.397 e. The third-order valence-electron chi connectivity index (χ3n) is 1.52. The summed E-state index contributed by atoms with van der Waals surface area (Å²) in [5.41, 5.74) is 6.54. The van der Waals surface area contributed by atoms with Gasteiger partial charge in [0.25, 0.3) is 0 Å². The highest BCUT2D eigenvalue weighted by Crippen LogP contribution is 2.16. The summed E-state index contributed by atoms with van der Waals surface area (Å²) in [5.74, 6) is 0.0376. The predicted molar refractivity (Wildman–Crippen MR) is 51.0 cm³/mol. The molecule has 0 aliphatic rings. The second kappa shape index (κ2) is 3.67. The average Bonchev–Trinajstić information content (AvgIpc) is 2.08. The van der Waals surface area contributed by atoms with Gasteiger partial charge in [0.05, 0.1) is 11.9 Å². The summed E-state index contributed by atoms with van der Waals surface area (Å²) in [6, 6.07) is 1.64. The second-order valence-corrected chi connectivity index (χ2v) is 3.18. The lowest BCUT2D eigenvalue weighted by Crippen LogP contribution is -2.02. The molecule has 0 aliphatic heterocycles. The second-order valence-electron chi connectivity index (χ2n) is 2.37. The standard InChI is InChI=1S/C8H9BrN2O/c1-2-7(12)5-3-8(9)11-4-6(5)10/h3-4H,2,10H2,1H3. The summed E-state index contributed by atoms with van der Waals surface area (Å²) in [6.45, 7) is 1.80. The lowest BCUT2D eigenvalue weighted by molar-refractivity contribution is 0.0989. The summed E-state index contributed by atoms with van der Waals surface area (Å²) in [4.78, 5) is 15.2. The fourth-order valence-electron chi connectivity index (χ4n) is 0.872. The van der Waals surface area contributed by atoms with Crippen molar-refractivity contribution in [3.63, 3.8) is 0 Å². The van der Waals surface area contributed by atoms with Crippen LogP contribution in [0, 0.1) is 0 Å². The van der Waals surface area contributed by atoms with Gasteiger partial charge in [0.15, 0.2) is 5.78 Å².